The fourth-order valence-electron chi connectivity index (χ4n) is 3.32. The monoisotopic (exact) mass is 362 g/mol. The molecular formula is C18H23FN4O3. The summed E-state index contributed by atoms with van der Waals surface area (Å²) >= 11 is 0. The number of halogens is 1. The first kappa shape index (κ1) is 18.2. The molecule has 26 heavy (non-hydrogen) atoms. The lowest BCUT2D eigenvalue weighted by Crippen LogP contribution is -2.44. The minimum absolute atomic E-state index is 0.102. The minimum atomic E-state index is -0.356. The number of nitrogens with zero attached hydrogens (tertiary/aromatic N) is 2. The lowest BCUT2D eigenvalue weighted by Gasteiger charge is -2.18. The number of hydrogen-bond acceptors (Lipinski definition) is 3. The van der Waals surface area contributed by atoms with Crippen LogP contribution >= 0.6 is 0 Å². The molecule has 2 saturated heterocycles. The minimum Gasteiger partial charge on any atom is -0.343 e. The van der Waals surface area contributed by atoms with Crippen LogP contribution in [0.15, 0.2) is 24.3 Å². The van der Waals surface area contributed by atoms with Crippen LogP contribution in [0.25, 0.3) is 0 Å². The SMILES string of the molecule is O=C(NCCCN1CCCC1=O)N[C@H]1CC(=O)N(c2ccc(F)cc2)C1. The number of anilines is 1. The van der Waals surface area contributed by atoms with Gasteiger partial charge in [0.15, 0.2) is 0 Å². The van der Waals surface area contributed by atoms with Crippen molar-refractivity contribution in [2.24, 2.45) is 0 Å². The Bertz CT molecular complexity index is 680. The van der Waals surface area contributed by atoms with Crippen molar-refractivity contribution >= 4 is 23.5 Å². The van der Waals surface area contributed by atoms with Crippen molar-refractivity contribution in [2.45, 2.75) is 31.7 Å². The highest BCUT2D eigenvalue weighted by molar-refractivity contribution is 5.96. The van der Waals surface area contributed by atoms with E-state index in [1.54, 1.807) is 17.0 Å². The van der Waals surface area contributed by atoms with Crippen LogP contribution in [0.3, 0.4) is 0 Å². The highest BCUT2D eigenvalue weighted by Gasteiger charge is 2.31. The first-order valence-corrected chi connectivity index (χ1v) is 8.91. The largest absolute Gasteiger partial charge is 0.343 e. The molecule has 4 amide bonds. The van der Waals surface area contributed by atoms with Crippen molar-refractivity contribution in [3.63, 3.8) is 0 Å². The van der Waals surface area contributed by atoms with E-state index in [-0.39, 0.29) is 36.1 Å². The second-order valence-corrected chi connectivity index (χ2v) is 6.62. The van der Waals surface area contributed by atoms with Crippen LogP contribution in [0.1, 0.15) is 25.7 Å². The van der Waals surface area contributed by atoms with Crippen molar-refractivity contribution in [3.8, 4) is 0 Å². The van der Waals surface area contributed by atoms with E-state index in [1.807, 2.05) is 4.90 Å². The average molecular weight is 362 g/mol. The lowest BCUT2D eigenvalue weighted by atomic mass is 10.2. The second-order valence-electron chi connectivity index (χ2n) is 6.62. The molecule has 2 N–H and O–H groups in total. The molecule has 1 aromatic rings. The summed E-state index contributed by atoms with van der Waals surface area (Å²) in [6.45, 7) is 2.28. The van der Waals surface area contributed by atoms with E-state index in [0.717, 1.165) is 13.0 Å². The van der Waals surface area contributed by atoms with E-state index in [1.165, 1.54) is 12.1 Å². The molecule has 1 aromatic carbocycles. The van der Waals surface area contributed by atoms with Crippen LogP contribution in [0.5, 0.6) is 0 Å². The van der Waals surface area contributed by atoms with Crippen molar-refractivity contribution in [2.75, 3.05) is 31.1 Å². The Kier molecular flexibility index (Phi) is 5.70. The van der Waals surface area contributed by atoms with Gasteiger partial charge in [0.25, 0.3) is 0 Å². The molecular weight excluding hydrogens is 339 g/mol. The number of urea groups is 1. The molecule has 8 heteroatoms. The summed E-state index contributed by atoms with van der Waals surface area (Å²) in [5.41, 5.74) is 0.622. The zero-order valence-electron chi connectivity index (χ0n) is 14.5. The van der Waals surface area contributed by atoms with Gasteiger partial charge in [-0.05, 0) is 37.1 Å². The van der Waals surface area contributed by atoms with Gasteiger partial charge in [-0.3, -0.25) is 9.59 Å². The summed E-state index contributed by atoms with van der Waals surface area (Å²) < 4.78 is 13.0. The third-order valence-electron chi connectivity index (χ3n) is 4.66. The van der Waals surface area contributed by atoms with Gasteiger partial charge in [-0.1, -0.05) is 0 Å². The first-order valence-electron chi connectivity index (χ1n) is 8.91. The molecule has 0 radical (unpaired) electrons. The Labute approximate surface area is 151 Å². The van der Waals surface area contributed by atoms with Crippen molar-refractivity contribution in [1.29, 1.82) is 0 Å². The molecule has 2 aliphatic heterocycles. The first-order chi connectivity index (χ1) is 12.5. The molecule has 7 nitrogen and oxygen atoms in total. The van der Waals surface area contributed by atoms with Gasteiger partial charge in [0.1, 0.15) is 5.82 Å². The standard InChI is InChI=1S/C18H23FN4O3/c19-13-4-6-15(7-5-13)23-12-14(11-17(23)25)21-18(26)20-8-2-10-22-9-1-3-16(22)24/h4-7,14H,1-3,8-12H2,(H2,20,21,26)/t14-/m0/s1. The molecule has 140 valence electrons. The summed E-state index contributed by atoms with van der Waals surface area (Å²) in [6, 6.07) is 5.11. The lowest BCUT2D eigenvalue weighted by molar-refractivity contribution is -0.127. The van der Waals surface area contributed by atoms with E-state index >= 15 is 0 Å². The van der Waals surface area contributed by atoms with Gasteiger partial charge in [0.2, 0.25) is 11.8 Å². The zero-order valence-corrected chi connectivity index (χ0v) is 14.5. The smallest absolute Gasteiger partial charge is 0.315 e. The highest BCUT2D eigenvalue weighted by atomic mass is 19.1. The van der Waals surface area contributed by atoms with Gasteiger partial charge in [-0.2, -0.15) is 0 Å². The van der Waals surface area contributed by atoms with Crippen LogP contribution in [0.4, 0.5) is 14.9 Å². The zero-order chi connectivity index (χ0) is 18.5. The topological polar surface area (TPSA) is 81.8 Å². The van der Waals surface area contributed by atoms with Crippen LogP contribution in [0.2, 0.25) is 0 Å². The fourth-order valence-corrected chi connectivity index (χ4v) is 3.32. The molecule has 3 rings (SSSR count). The molecule has 2 aliphatic rings. The number of nitrogens with one attached hydrogen (secondary N) is 2. The number of likely N-dealkylation sites (tertiary alicyclic amines) is 1. The van der Waals surface area contributed by atoms with Gasteiger partial charge in [-0.15, -0.1) is 0 Å². The fraction of sp³-hybridized carbons (Fsp3) is 0.500. The van der Waals surface area contributed by atoms with Gasteiger partial charge >= 0.3 is 6.03 Å². The highest BCUT2D eigenvalue weighted by Crippen LogP contribution is 2.21. The molecule has 0 bridgehead atoms. The maximum absolute atomic E-state index is 13.0. The van der Waals surface area contributed by atoms with Gasteiger partial charge in [0.05, 0.1) is 6.04 Å². The summed E-state index contributed by atoms with van der Waals surface area (Å²) in [5.74, 6) is -0.278. The van der Waals surface area contributed by atoms with Crippen molar-refractivity contribution in [3.05, 3.63) is 30.1 Å². The molecule has 2 fully saturated rings. The molecule has 0 aromatic heterocycles. The van der Waals surface area contributed by atoms with Crippen LogP contribution in [-0.2, 0) is 9.59 Å². The predicted octanol–water partition coefficient (Wildman–Crippen LogP) is 1.24. The van der Waals surface area contributed by atoms with Gasteiger partial charge < -0.3 is 20.4 Å². The van der Waals surface area contributed by atoms with E-state index in [4.69, 9.17) is 0 Å². The Morgan fingerprint density at radius 3 is 2.65 bits per heavy atom. The quantitative estimate of drug-likeness (QED) is 0.747. The van der Waals surface area contributed by atoms with E-state index < -0.39 is 0 Å². The summed E-state index contributed by atoms with van der Waals surface area (Å²) in [6.07, 6.45) is 2.44. The molecule has 1 atom stereocenters. The number of amides is 4. The Morgan fingerprint density at radius 1 is 1.19 bits per heavy atom. The normalized spacial score (nSPS) is 20.0. The number of hydrogen-bond donors (Lipinski definition) is 2. The van der Waals surface area contributed by atoms with Crippen LogP contribution in [0, 0.1) is 5.82 Å². The second kappa shape index (κ2) is 8.16. The average Bonchev–Trinajstić information content (AvgIpc) is 3.18. The maximum atomic E-state index is 13.0. The van der Waals surface area contributed by atoms with E-state index in [2.05, 4.69) is 10.6 Å². The van der Waals surface area contributed by atoms with E-state index in [9.17, 15) is 18.8 Å². The third-order valence-corrected chi connectivity index (χ3v) is 4.66. The molecule has 0 aliphatic carbocycles. The van der Waals surface area contributed by atoms with Crippen LogP contribution in [-0.4, -0.2) is 55.0 Å². The van der Waals surface area contributed by atoms with Gasteiger partial charge in [-0.25, -0.2) is 9.18 Å². The van der Waals surface area contributed by atoms with Crippen LogP contribution < -0.4 is 15.5 Å². The Morgan fingerprint density at radius 2 is 1.96 bits per heavy atom. The van der Waals surface area contributed by atoms with Crippen molar-refractivity contribution in [1.82, 2.24) is 15.5 Å². The Hall–Kier alpha value is -2.64. The molecule has 2 heterocycles. The number of benzene rings is 1. The van der Waals surface area contributed by atoms with Crippen molar-refractivity contribution < 1.29 is 18.8 Å². The number of rotatable bonds is 6. The predicted molar refractivity (Wildman–Crippen MR) is 94.1 cm³/mol. The summed E-state index contributed by atoms with van der Waals surface area (Å²) in [4.78, 5) is 38.9. The molecule has 0 spiro atoms. The third kappa shape index (κ3) is 4.50. The molecule has 0 saturated carbocycles. The van der Waals surface area contributed by atoms with Gasteiger partial charge in [0, 0.05) is 44.7 Å². The maximum Gasteiger partial charge on any atom is 0.315 e. The molecule has 0 unspecified atom stereocenters. The number of carbonyl (C=O) groups excluding carboxylic acids is 3. The summed E-state index contributed by atoms with van der Waals surface area (Å²) in [7, 11) is 0. The van der Waals surface area contributed by atoms with E-state index in [0.29, 0.717) is 38.2 Å². The summed E-state index contributed by atoms with van der Waals surface area (Å²) in [5, 5.41) is 5.55. The number of carbonyl (C=O) groups is 3. The Balaban J connectivity index is 1.38.